The molecule has 2 rings (SSSR count). The van der Waals surface area contributed by atoms with Crippen molar-refractivity contribution in [3.63, 3.8) is 0 Å². The van der Waals surface area contributed by atoms with Crippen LogP contribution in [-0.4, -0.2) is 80.1 Å². The summed E-state index contributed by atoms with van der Waals surface area (Å²) in [5.74, 6) is 0.120. The van der Waals surface area contributed by atoms with Crippen LogP contribution >= 0.6 is 11.8 Å². The lowest BCUT2D eigenvalue weighted by molar-refractivity contribution is -0.137. The normalized spacial score (nSPS) is 15.3. The highest BCUT2D eigenvalue weighted by molar-refractivity contribution is 7.99. The van der Waals surface area contributed by atoms with Crippen LogP contribution in [0.2, 0.25) is 0 Å². The Bertz CT molecular complexity index is 832. The van der Waals surface area contributed by atoms with Crippen molar-refractivity contribution in [2.75, 3.05) is 44.8 Å². The largest absolute Gasteiger partial charge is 0.468 e. The summed E-state index contributed by atoms with van der Waals surface area (Å²) in [7, 11) is -2.40. The number of sulfonamides is 1. The Morgan fingerprint density at radius 2 is 1.82 bits per heavy atom. The second-order valence-electron chi connectivity index (χ2n) is 6.25. The molecule has 0 spiro atoms. The van der Waals surface area contributed by atoms with Crippen LogP contribution in [-0.2, 0) is 24.3 Å². The zero-order valence-electron chi connectivity index (χ0n) is 15.9. The van der Waals surface area contributed by atoms with E-state index >= 15 is 0 Å². The van der Waals surface area contributed by atoms with Crippen molar-refractivity contribution in [1.29, 1.82) is 0 Å². The van der Waals surface area contributed by atoms with Crippen LogP contribution in [0.25, 0.3) is 0 Å². The summed E-state index contributed by atoms with van der Waals surface area (Å²) in [6.07, 6.45) is 0.287. The number of Topliss-reactive ketones (excluding diaryl/α,β-unsaturated/α-hetero) is 1. The maximum absolute atomic E-state index is 12.8. The van der Waals surface area contributed by atoms with Crippen LogP contribution in [0.15, 0.2) is 29.2 Å². The first-order chi connectivity index (χ1) is 13.3. The van der Waals surface area contributed by atoms with Gasteiger partial charge in [0.25, 0.3) is 0 Å². The Labute approximate surface area is 169 Å². The number of methoxy groups -OCH3 is 1. The lowest BCUT2D eigenvalue weighted by Crippen LogP contribution is -2.50. The van der Waals surface area contributed by atoms with Gasteiger partial charge in [0, 0.05) is 43.9 Å². The molecule has 0 bridgehead atoms. The first-order valence-corrected chi connectivity index (χ1v) is 11.4. The number of hydrogen-bond donors (Lipinski definition) is 0. The molecule has 1 aliphatic heterocycles. The third-order valence-corrected chi connectivity index (χ3v) is 7.20. The van der Waals surface area contributed by atoms with E-state index in [9.17, 15) is 22.8 Å². The summed E-state index contributed by atoms with van der Waals surface area (Å²) in [5, 5.41) is 0. The standard InChI is InChI=1S/C18H24N2O6S2/c1-14(21)15-4-3-5-16(12-15)28(24,25)20-9-7-19(8-10-20)17(22)6-11-27-13-18(23)26-2/h3-5,12H,6-11,13H2,1-2H3. The van der Waals surface area contributed by atoms with Crippen molar-refractivity contribution in [3.05, 3.63) is 29.8 Å². The molecule has 0 aliphatic carbocycles. The average Bonchev–Trinajstić information content (AvgIpc) is 2.70. The number of carbonyl (C=O) groups excluding carboxylic acids is 3. The van der Waals surface area contributed by atoms with E-state index in [2.05, 4.69) is 4.74 Å². The molecule has 1 aromatic rings. The number of ketones is 1. The summed E-state index contributed by atoms with van der Waals surface area (Å²) in [6.45, 7) is 2.42. The van der Waals surface area contributed by atoms with Crippen LogP contribution in [0, 0.1) is 0 Å². The Kier molecular flexibility index (Phi) is 8.02. The first kappa shape index (κ1) is 22.4. The van der Waals surface area contributed by atoms with E-state index in [1.165, 1.54) is 42.2 Å². The van der Waals surface area contributed by atoms with Gasteiger partial charge in [0.15, 0.2) is 5.78 Å². The number of nitrogens with zero attached hydrogens (tertiary/aromatic N) is 2. The second-order valence-corrected chi connectivity index (χ2v) is 9.29. The van der Waals surface area contributed by atoms with E-state index in [1.807, 2.05) is 0 Å². The molecule has 8 nitrogen and oxygen atoms in total. The molecule has 1 heterocycles. The smallest absolute Gasteiger partial charge is 0.315 e. The lowest BCUT2D eigenvalue weighted by Gasteiger charge is -2.34. The monoisotopic (exact) mass is 428 g/mol. The van der Waals surface area contributed by atoms with Crippen LogP contribution in [0.4, 0.5) is 0 Å². The third-order valence-electron chi connectivity index (χ3n) is 4.38. The zero-order chi connectivity index (χ0) is 20.7. The molecule has 0 saturated carbocycles. The summed E-state index contributed by atoms with van der Waals surface area (Å²) >= 11 is 1.33. The highest BCUT2D eigenvalue weighted by Gasteiger charge is 2.30. The van der Waals surface area contributed by atoms with Gasteiger partial charge in [-0.2, -0.15) is 4.31 Å². The van der Waals surface area contributed by atoms with Gasteiger partial charge in [-0.25, -0.2) is 8.42 Å². The molecule has 1 aromatic carbocycles. The quantitative estimate of drug-likeness (QED) is 0.346. The molecule has 0 radical (unpaired) electrons. The summed E-state index contributed by atoms with van der Waals surface area (Å²) in [5.41, 5.74) is 0.347. The summed E-state index contributed by atoms with van der Waals surface area (Å²) in [4.78, 5) is 36.5. The number of amides is 1. The van der Waals surface area contributed by atoms with E-state index in [-0.39, 0.29) is 47.8 Å². The van der Waals surface area contributed by atoms with Gasteiger partial charge >= 0.3 is 5.97 Å². The van der Waals surface area contributed by atoms with E-state index in [0.29, 0.717) is 24.4 Å². The highest BCUT2D eigenvalue weighted by atomic mass is 32.2. The molecule has 1 amide bonds. The van der Waals surface area contributed by atoms with Crippen molar-refractivity contribution in [2.24, 2.45) is 0 Å². The second kappa shape index (κ2) is 10.0. The van der Waals surface area contributed by atoms with Crippen molar-refractivity contribution in [1.82, 2.24) is 9.21 Å². The average molecular weight is 429 g/mol. The Hall–Kier alpha value is -1.91. The number of carbonyl (C=O) groups is 3. The van der Waals surface area contributed by atoms with Gasteiger partial charge < -0.3 is 9.64 Å². The molecule has 0 atom stereocenters. The van der Waals surface area contributed by atoms with E-state index in [1.54, 1.807) is 17.0 Å². The summed E-state index contributed by atoms with van der Waals surface area (Å²) in [6, 6.07) is 5.98. The SMILES string of the molecule is COC(=O)CSCCC(=O)N1CCN(S(=O)(=O)c2cccc(C(C)=O)c2)CC1. The fourth-order valence-corrected chi connectivity index (χ4v) is 4.95. The summed E-state index contributed by atoms with van der Waals surface area (Å²) < 4.78 is 31.5. The predicted octanol–water partition coefficient (Wildman–Crippen LogP) is 1.02. The van der Waals surface area contributed by atoms with Gasteiger partial charge in [-0.3, -0.25) is 14.4 Å². The van der Waals surface area contributed by atoms with Crippen molar-refractivity contribution >= 4 is 39.4 Å². The minimum atomic E-state index is -3.71. The van der Waals surface area contributed by atoms with E-state index in [0.717, 1.165) is 0 Å². The van der Waals surface area contributed by atoms with Gasteiger partial charge in [-0.05, 0) is 19.1 Å². The van der Waals surface area contributed by atoms with E-state index < -0.39 is 10.0 Å². The minimum absolute atomic E-state index is 0.0620. The maximum Gasteiger partial charge on any atom is 0.315 e. The lowest BCUT2D eigenvalue weighted by atomic mass is 10.2. The topological polar surface area (TPSA) is 101 Å². The van der Waals surface area contributed by atoms with Gasteiger partial charge in [-0.1, -0.05) is 12.1 Å². The van der Waals surface area contributed by atoms with Gasteiger partial charge in [0.05, 0.1) is 17.8 Å². The van der Waals surface area contributed by atoms with Crippen molar-refractivity contribution in [2.45, 2.75) is 18.2 Å². The number of hydrogen-bond acceptors (Lipinski definition) is 7. The number of rotatable bonds is 8. The van der Waals surface area contributed by atoms with Crippen molar-refractivity contribution in [3.8, 4) is 0 Å². The zero-order valence-corrected chi connectivity index (χ0v) is 17.6. The van der Waals surface area contributed by atoms with Gasteiger partial charge in [0.2, 0.25) is 15.9 Å². The Balaban J connectivity index is 1.88. The fourth-order valence-electron chi connectivity index (χ4n) is 2.73. The molecule has 0 aromatic heterocycles. The fraction of sp³-hybridized carbons (Fsp3) is 0.500. The predicted molar refractivity (Wildman–Crippen MR) is 106 cm³/mol. The van der Waals surface area contributed by atoms with Gasteiger partial charge in [-0.15, -0.1) is 11.8 Å². The molecule has 154 valence electrons. The number of thioether (sulfide) groups is 1. The van der Waals surface area contributed by atoms with Crippen LogP contribution < -0.4 is 0 Å². The van der Waals surface area contributed by atoms with Crippen molar-refractivity contribution < 1.29 is 27.5 Å². The molecule has 1 aliphatic rings. The maximum atomic E-state index is 12.8. The molecule has 28 heavy (non-hydrogen) atoms. The number of benzene rings is 1. The molecule has 0 unspecified atom stereocenters. The van der Waals surface area contributed by atoms with Crippen LogP contribution in [0.1, 0.15) is 23.7 Å². The number of ether oxygens (including phenoxy) is 1. The van der Waals surface area contributed by atoms with Crippen LogP contribution in [0.3, 0.4) is 0 Å². The minimum Gasteiger partial charge on any atom is -0.468 e. The van der Waals surface area contributed by atoms with Gasteiger partial charge in [0.1, 0.15) is 0 Å². The van der Waals surface area contributed by atoms with Crippen LogP contribution in [0.5, 0.6) is 0 Å². The first-order valence-electron chi connectivity index (χ1n) is 8.79. The highest BCUT2D eigenvalue weighted by Crippen LogP contribution is 2.19. The Morgan fingerprint density at radius 1 is 1.14 bits per heavy atom. The molecule has 1 fully saturated rings. The molecular formula is C18H24N2O6S2. The third kappa shape index (κ3) is 5.79. The Morgan fingerprint density at radius 3 is 2.43 bits per heavy atom. The molecular weight excluding hydrogens is 404 g/mol. The number of piperazine rings is 1. The molecule has 10 heteroatoms. The number of esters is 1. The molecule has 1 saturated heterocycles. The van der Waals surface area contributed by atoms with E-state index in [4.69, 9.17) is 0 Å². The molecule has 0 N–H and O–H groups in total.